The molecule has 1 amide bonds. The molecule has 24 heavy (non-hydrogen) atoms. The number of ether oxygens (including phenoxy) is 2. The molecular formula is C20H23NO3. The van der Waals surface area contributed by atoms with E-state index in [9.17, 15) is 4.79 Å². The molecule has 0 bridgehead atoms. The van der Waals surface area contributed by atoms with Crippen molar-refractivity contribution in [1.29, 1.82) is 0 Å². The molecule has 1 saturated carbocycles. The molecule has 0 aliphatic heterocycles. The quantitative estimate of drug-likeness (QED) is 0.861. The van der Waals surface area contributed by atoms with Gasteiger partial charge >= 0.3 is 6.09 Å². The molecule has 2 aromatic carbocycles. The van der Waals surface area contributed by atoms with Gasteiger partial charge in [-0.25, -0.2) is 4.79 Å². The second-order valence-electron chi connectivity index (χ2n) is 7.15. The highest BCUT2D eigenvalue weighted by Gasteiger charge is 2.46. The van der Waals surface area contributed by atoms with Crippen molar-refractivity contribution in [3.8, 4) is 11.5 Å². The van der Waals surface area contributed by atoms with E-state index in [4.69, 9.17) is 9.47 Å². The summed E-state index contributed by atoms with van der Waals surface area (Å²) in [7, 11) is 0. The zero-order valence-electron chi connectivity index (χ0n) is 14.3. The molecule has 126 valence electrons. The number of carbonyl (C=O) groups is 1. The molecule has 0 spiro atoms. The molecule has 4 nitrogen and oxygen atoms in total. The van der Waals surface area contributed by atoms with E-state index in [0.29, 0.717) is 0 Å². The largest absolute Gasteiger partial charge is 0.457 e. The fourth-order valence-electron chi connectivity index (χ4n) is 2.59. The maximum atomic E-state index is 12.1. The Labute approximate surface area is 142 Å². The van der Waals surface area contributed by atoms with Crippen LogP contribution in [0.5, 0.6) is 11.5 Å². The third kappa shape index (κ3) is 4.07. The Balaban J connectivity index is 1.72. The molecule has 1 aliphatic rings. The number of hydrogen-bond acceptors (Lipinski definition) is 3. The van der Waals surface area contributed by atoms with Gasteiger partial charge in [0.25, 0.3) is 0 Å². The zero-order chi connectivity index (χ0) is 17.2. The molecule has 0 unspecified atom stereocenters. The highest BCUT2D eigenvalue weighted by Crippen LogP contribution is 2.46. The summed E-state index contributed by atoms with van der Waals surface area (Å²) in [5.41, 5.74) is 0.207. The summed E-state index contributed by atoms with van der Waals surface area (Å²) in [4.78, 5) is 12.1. The number of carbonyl (C=O) groups excluding carboxylic acids is 1. The first-order valence-corrected chi connectivity index (χ1v) is 8.21. The van der Waals surface area contributed by atoms with Crippen molar-refractivity contribution < 1.29 is 14.3 Å². The lowest BCUT2D eigenvalue weighted by Crippen LogP contribution is -2.39. The summed E-state index contributed by atoms with van der Waals surface area (Å²) in [6, 6.07) is 17.5. The van der Waals surface area contributed by atoms with Crippen molar-refractivity contribution in [2.75, 3.05) is 0 Å². The topological polar surface area (TPSA) is 47.6 Å². The average molecular weight is 325 g/mol. The molecule has 2 aromatic rings. The van der Waals surface area contributed by atoms with Crippen LogP contribution in [0.4, 0.5) is 4.79 Å². The fourth-order valence-corrected chi connectivity index (χ4v) is 2.59. The summed E-state index contributed by atoms with van der Waals surface area (Å²) >= 11 is 0. The maximum Gasteiger partial charge on any atom is 0.408 e. The van der Waals surface area contributed by atoms with E-state index in [0.717, 1.165) is 29.9 Å². The lowest BCUT2D eigenvalue weighted by Gasteiger charge is -2.24. The molecule has 1 aliphatic carbocycles. The van der Waals surface area contributed by atoms with Crippen LogP contribution in [-0.4, -0.2) is 11.7 Å². The molecule has 4 heteroatoms. The minimum absolute atomic E-state index is 0.335. The van der Waals surface area contributed by atoms with E-state index in [-0.39, 0.29) is 11.6 Å². The molecular weight excluding hydrogens is 302 g/mol. The standard InChI is InChI=1S/C20H23NO3/c1-19(2,3)24-18(22)21-20(12-13-20)15-8-7-11-17(14-15)23-16-9-5-4-6-10-16/h4-11,14H,12-13H2,1-3H3,(H,21,22). The number of amides is 1. The van der Waals surface area contributed by atoms with Crippen LogP contribution in [0.25, 0.3) is 0 Å². The van der Waals surface area contributed by atoms with Gasteiger partial charge in [-0.05, 0) is 63.4 Å². The Morgan fingerprint density at radius 2 is 1.67 bits per heavy atom. The Morgan fingerprint density at radius 3 is 2.29 bits per heavy atom. The second kappa shape index (κ2) is 6.19. The summed E-state index contributed by atoms with van der Waals surface area (Å²) in [5.74, 6) is 1.55. The smallest absolute Gasteiger partial charge is 0.408 e. The van der Waals surface area contributed by atoms with Gasteiger partial charge < -0.3 is 14.8 Å². The maximum absolute atomic E-state index is 12.1. The zero-order valence-corrected chi connectivity index (χ0v) is 14.3. The molecule has 0 aromatic heterocycles. The van der Waals surface area contributed by atoms with Crippen LogP contribution < -0.4 is 10.1 Å². The SMILES string of the molecule is CC(C)(C)OC(=O)NC1(c2cccc(Oc3ccccc3)c2)CC1. The van der Waals surface area contributed by atoms with E-state index >= 15 is 0 Å². The van der Waals surface area contributed by atoms with Crippen molar-refractivity contribution in [3.63, 3.8) is 0 Å². The summed E-state index contributed by atoms with van der Waals surface area (Å²) in [6.07, 6.45) is 1.43. The number of hydrogen-bond donors (Lipinski definition) is 1. The Kier molecular flexibility index (Phi) is 4.22. The number of alkyl carbamates (subject to hydrolysis) is 1. The molecule has 1 fully saturated rings. The van der Waals surface area contributed by atoms with Gasteiger partial charge in [0.2, 0.25) is 0 Å². The minimum Gasteiger partial charge on any atom is -0.457 e. The van der Waals surface area contributed by atoms with E-state index < -0.39 is 5.60 Å². The molecule has 0 radical (unpaired) electrons. The predicted octanol–water partition coefficient (Wildman–Crippen LogP) is 4.99. The number of nitrogens with one attached hydrogen (secondary N) is 1. The molecule has 3 rings (SSSR count). The van der Waals surface area contributed by atoms with Crippen LogP contribution >= 0.6 is 0 Å². The normalized spacial score (nSPS) is 15.5. The number of rotatable bonds is 4. The van der Waals surface area contributed by atoms with E-state index in [1.54, 1.807) is 0 Å². The van der Waals surface area contributed by atoms with Crippen molar-refractivity contribution >= 4 is 6.09 Å². The lowest BCUT2D eigenvalue weighted by molar-refractivity contribution is 0.0495. The Morgan fingerprint density at radius 1 is 1.00 bits per heavy atom. The monoisotopic (exact) mass is 325 g/mol. The summed E-state index contributed by atoms with van der Waals surface area (Å²) in [5, 5.41) is 3.01. The molecule has 1 N–H and O–H groups in total. The first-order chi connectivity index (χ1) is 11.4. The first kappa shape index (κ1) is 16.4. The summed E-state index contributed by atoms with van der Waals surface area (Å²) < 4.78 is 11.3. The Hall–Kier alpha value is -2.49. The van der Waals surface area contributed by atoms with Gasteiger partial charge in [0.05, 0.1) is 5.54 Å². The second-order valence-corrected chi connectivity index (χ2v) is 7.15. The minimum atomic E-state index is -0.502. The van der Waals surface area contributed by atoms with Crippen LogP contribution in [-0.2, 0) is 10.3 Å². The van der Waals surface area contributed by atoms with E-state index in [1.165, 1.54) is 0 Å². The van der Waals surface area contributed by atoms with Crippen molar-refractivity contribution in [1.82, 2.24) is 5.32 Å². The number of para-hydroxylation sites is 1. The molecule has 0 saturated heterocycles. The van der Waals surface area contributed by atoms with Crippen LogP contribution in [0.2, 0.25) is 0 Å². The number of benzene rings is 2. The van der Waals surface area contributed by atoms with Crippen LogP contribution in [0.3, 0.4) is 0 Å². The van der Waals surface area contributed by atoms with Gasteiger partial charge in [0.1, 0.15) is 17.1 Å². The summed E-state index contributed by atoms with van der Waals surface area (Å²) in [6.45, 7) is 5.58. The van der Waals surface area contributed by atoms with E-state index in [2.05, 4.69) is 5.32 Å². The van der Waals surface area contributed by atoms with Gasteiger partial charge in [-0.2, -0.15) is 0 Å². The van der Waals surface area contributed by atoms with E-state index in [1.807, 2.05) is 75.4 Å². The van der Waals surface area contributed by atoms with Gasteiger partial charge in [-0.15, -0.1) is 0 Å². The lowest BCUT2D eigenvalue weighted by atomic mass is 10.0. The van der Waals surface area contributed by atoms with Crippen molar-refractivity contribution in [2.45, 2.75) is 44.8 Å². The predicted molar refractivity (Wildman–Crippen MR) is 93.2 cm³/mol. The molecule has 0 heterocycles. The van der Waals surface area contributed by atoms with Crippen LogP contribution in [0.15, 0.2) is 54.6 Å². The highest BCUT2D eigenvalue weighted by atomic mass is 16.6. The van der Waals surface area contributed by atoms with Crippen molar-refractivity contribution in [3.05, 3.63) is 60.2 Å². The van der Waals surface area contributed by atoms with Gasteiger partial charge in [0.15, 0.2) is 0 Å². The van der Waals surface area contributed by atoms with Crippen LogP contribution in [0, 0.1) is 0 Å². The van der Waals surface area contributed by atoms with Gasteiger partial charge in [0, 0.05) is 0 Å². The molecule has 0 atom stereocenters. The Bertz CT molecular complexity index is 715. The van der Waals surface area contributed by atoms with Gasteiger partial charge in [-0.3, -0.25) is 0 Å². The van der Waals surface area contributed by atoms with Gasteiger partial charge in [-0.1, -0.05) is 30.3 Å². The highest BCUT2D eigenvalue weighted by molar-refractivity contribution is 5.70. The fraction of sp³-hybridized carbons (Fsp3) is 0.350. The first-order valence-electron chi connectivity index (χ1n) is 8.21. The van der Waals surface area contributed by atoms with Crippen LogP contribution in [0.1, 0.15) is 39.2 Å². The average Bonchev–Trinajstić information content (AvgIpc) is 3.27. The third-order valence-corrected chi connectivity index (χ3v) is 3.86. The third-order valence-electron chi connectivity index (χ3n) is 3.86. The van der Waals surface area contributed by atoms with Crippen molar-refractivity contribution in [2.24, 2.45) is 0 Å².